The molecule has 0 aliphatic carbocycles. The van der Waals surface area contributed by atoms with Gasteiger partial charge >= 0.3 is 5.69 Å². The predicted octanol–water partition coefficient (Wildman–Crippen LogP) is -1.79. The second-order valence-electron chi connectivity index (χ2n) is 3.87. The first-order valence-corrected chi connectivity index (χ1v) is 5.26. The van der Waals surface area contributed by atoms with Crippen LogP contribution in [0.15, 0.2) is 15.8 Å². The number of aromatic amines is 1. The number of rotatable bonds is 1. The van der Waals surface area contributed by atoms with Crippen LogP contribution in [-0.4, -0.2) is 39.7 Å². The van der Waals surface area contributed by atoms with Crippen molar-refractivity contribution < 1.29 is 0 Å². The van der Waals surface area contributed by atoms with Gasteiger partial charge in [-0.25, -0.2) is 14.8 Å². The minimum Gasteiger partial charge on any atom is -0.279 e. The third-order valence-electron chi connectivity index (χ3n) is 2.73. The molecule has 0 spiro atoms. The number of nitrogens with zero attached hydrogens (tertiary/aromatic N) is 7. The van der Waals surface area contributed by atoms with Gasteiger partial charge in [0.2, 0.25) is 5.82 Å². The number of aromatic nitrogens is 8. The molecular formula is C9H8N8O2. The third kappa shape index (κ3) is 1.53. The molecule has 0 atom stereocenters. The van der Waals surface area contributed by atoms with Gasteiger partial charge in [0.1, 0.15) is 5.69 Å². The highest BCUT2D eigenvalue weighted by molar-refractivity contribution is 5.71. The van der Waals surface area contributed by atoms with Crippen LogP contribution in [0.1, 0.15) is 0 Å². The molecule has 3 rings (SSSR count). The fourth-order valence-electron chi connectivity index (χ4n) is 1.71. The summed E-state index contributed by atoms with van der Waals surface area (Å²) in [4.78, 5) is 31.9. The Bertz CT molecular complexity index is 876. The molecule has 0 saturated carbocycles. The second-order valence-corrected chi connectivity index (χ2v) is 3.87. The zero-order valence-corrected chi connectivity index (χ0v) is 10.0. The summed E-state index contributed by atoms with van der Waals surface area (Å²) < 4.78 is 2.22. The summed E-state index contributed by atoms with van der Waals surface area (Å²) >= 11 is 0. The number of tetrazole rings is 1. The fourth-order valence-corrected chi connectivity index (χ4v) is 1.71. The summed E-state index contributed by atoms with van der Waals surface area (Å²) in [5.41, 5.74) is -0.390. The van der Waals surface area contributed by atoms with Crippen LogP contribution in [0.25, 0.3) is 22.7 Å². The van der Waals surface area contributed by atoms with Crippen molar-refractivity contribution in [2.24, 2.45) is 14.1 Å². The highest BCUT2D eigenvalue weighted by Gasteiger charge is 2.13. The van der Waals surface area contributed by atoms with E-state index in [1.54, 1.807) is 0 Å². The van der Waals surface area contributed by atoms with Crippen LogP contribution >= 0.6 is 0 Å². The van der Waals surface area contributed by atoms with E-state index in [1.807, 2.05) is 0 Å². The van der Waals surface area contributed by atoms with Crippen molar-refractivity contribution >= 4 is 11.2 Å². The van der Waals surface area contributed by atoms with Crippen molar-refractivity contribution in [2.75, 3.05) is 0 Å². The van der Waals surface area contributed by atoms with Crippen molar-refractivity contribution in [1.82, 2.24) is 39.7 Å². The zero-order valence-electron chi connectivity index (χ0n) is 10.0. The largest absolute Gasteiger partial charge is 0.332 e. The molecule has 0 radical (unpaired) electrons. The normalized spacial score (nSPS) is 11.1. The molecule has 96 valence electrons. The minimum absolute atomic E-state index is 0.0758. The van der Waals surface area contributed by atoms with E-state index < -0.39 is 11.2 Å². The second kappa shape index (κ2) is 3.80. The molecule has 0 aliphatic heterocycles. The van der Waals surface area contributed by atoms with E-state index in [1.165, 1.54) is 24.9 Å². The minimum atomic E-state index is -0.518. The van der Waals surface area contributed by atoms with Gasteiger partial charge in [-0.15, -0.1) is 10.2 Å². The van der Waals surface area contributed by atoms with Gasteiger partial charge in [-0.2, -0.15) is 5.21 Å². The molecule has 19 heavy (non-hydrogen) atoms. The fraction of sp³-hybridized carbons (Fsp3) is 0.222. The van der Waals surface area contributed by atoms with Crippen LogP contribution in [0.3, 0.4) is 0 Å². The van der Waals surface area contributed by atoms with Gasteiger partial charge in [0, 0.05) is 14.1 Å². The highest BCUT2D eigenvalue weighted by atomic mass is 16.2. The van der Waals surface area contributed by atoms with E-state index in [-0.39, 0.29) is 17.0 Å². The number of H-pyrrole nitrogens is 1. The van der Waals surface area contributed by atoms with E-state index >= 15 is 0 Å². The van der Waals surface area contributed by atoms with Gasteiger partial charge in [-0.1, -0.05) is 0 Å². The number of hydrogen-bond donors (Lipinski definition) is 1. The van der Waals surface area contributed by atoms with Gasteiger partial charge in [-0.3, -0.25) is 13.9 Å². The summed E-state index contributed by atoms with van der Waals surface area (Å²) in [5.74, 6) is 0.227. The Balaban J connectivity index is 2.42. The van der Waals surface area contributed by atoms with E-state index in [0.29, 0.717) is 5.69 Å². The van der Waals surface area contributed by atoms with Crippen LogP contribution in [-0.2, 0) is 14.1 Å². The van der Waals surface area contributed by atoms with Gasteiger partial charge in [-0.05, 0) is 5.21 Å². The van der Waals surface area contributed by atoms with E-state index in [0.717, 1.165) is 4.57 Å². The topological polar surface area (TPSA) is 124 Å². The Morgan fingerprint density at radius 1 is 1.21 bits per heavy atom. The maximum absolute atomic E-state index is 12.0. The number of fused-ring (bicyclic) bond motifs is 1. The van der Waals surface area contributed by atoms with Gasteiger partial charge < -0.3 is 0 Å². The van der Waals surface area contributed by atoms with Gasteiger partial charge in [0.05, 0.1) is 6.20 Å². The molecule has 1 N–H and O–H groups in total. The van der Waals surface area contributed by atoms with Crippen molar-refractivity contribution in [3.63, 3.8) is 0 Å². The molecule has 10 nitrogen and oxygen atoms in total. The van der Waals surface area contributed by atoms with E-state index in [2.05, 4.69) is 30.6 Å². The Kier molecular flexibility index (Phi) is 2.24. The number of hydrogen-bond acceptors (Lipinski definition) is 7. The smallest absolute Gasteiger partial charge is 0.279 e. The Hall–Kier alpha value is -2.91. The van der Waals surface area contributed by atoms with Crippen LogP contribution < -0.4 is 11.2 Å². The lowest BCUT2D eigenvalue weighted by molar-refractivity contribution is 0.704. The summed E-state index contributed by atoms with van der Waals surface area (Å²) in [6, 6.07) is 0. The molecule has 0 aliphatic rings. The Morgan fingerprint density at radius 3 is 2.68 bits per heavy atom. The Labute approximate surface area is 104 Å². The van der Waals surface area contributed by atoms with Crippen molar-refractivity contribution in [3.05, 3.63) is 27.0 Å². The maximum Gasteiger partial charge on any atom is 0.332 e. The third-order valence-corrected chi connectivity index (χ3v) is 2.73. The molecule has 0 saturated heterocycles. The molecule has 0 bridgehead atoms. The van der Waals surface area contributed by atoms with Gasteiger partial charge in [0.25, 0.3) is 5.56 Å². The van der Waals surface area contributed by atoms with Crippen molar-refractivity contribution in [3.8, 4) is 11.5 Å². The Morgan fingerprint density at radius 2 is 2.00 bits per heavy atom. The highest BCUT2D eigenvalue weighted by Crippen LogP contribution is 2.10. The average Bonchev–Trinajstić information content (AvgIpc) is 2.96. The van der Waals surface area contributed by atoms with Crippen molar-refractivity contribution in [2.45, 2.75) is 0 Å². The molecule has 10 heteroatoms. The summed E-state index contributed by atoms with van der Waals surface area (Å²) in [6.45, 7) is 0. The lowest BCUT2D eigenvalue weighted by atomic mass is 10.4. The van der Waals surface area contributed by atoms with Crippen LogP contribution in [0.5, 0.6) is 0 Å². The molecular weight excluding hydrogens is 252 g/mol. The lowest BCUT2D eigenvalue weighted by Crippen LogP contribution is -2.37. The molecule has 3 aromatic heterocycles. The van der Waals surface area contributed by atoms with Crippen LogP contribution in [0.4, 0.5) is 0 Å². The zero-order chi connectivity index (χ0) is 13.6. The summed E-state index contributed by atoms with van der Waals surface area (Å²) in [5, 5.41) is 13.2. The first-order chi connectivity index (χ1) is 9.09. The molecule has 0 fully saturated rings. The van der Waals surface area contributed by atoms with Crippen LogP contribution in [0, 0.1) is 0 Å². The first kappa shape index (κ1) is 11.2. The molecule has 0 unspecified atom stereocenters. The van der Waals surface area contributed by atoms with E-state index in [9.17, 15) is 9.59 Å². The predicted molar refractivity (Wildman–Crippen MR) is 63.2 cm³/mol. The molecule has 0 amide bonds. The van der Waals surface area contributed by atoms with E-state index in [4.69, 9.17) is 0 Å². The first-order valence-electron chi connectivity index (χ1n) is 5.26. The maximum atomic E-state index is 12.0. The monoisotopic (exact) mass is 260 g/mol. The lowest BCUT2D eigenvalue weighted by Gasteiger charge is -2.05. The summed E-state index contributed by atoms with van der Waals surface area (Å²) in [7, 11) is 2.90. The average molecular weight is 260 g/mol. The standard InChI is InChI=1S/C9H8N8O2/c1-16-7-5(8(18)17(2)9(16)19)11-4(3-10-7)6-12-14-15-13-6/h3H,1-2H3,(H,12,13,14,15). The number of nitrogens with one attached hydrogen (secondary N) is 1. The number of aryl methyl sites for hydroxylation is 1. The quantitative estimate of drug-likeness (QED) is 0.547. The molecule has 3 heterocycles. The van der Waals surface area contributed by atoms with Crippen molar-refractivity contribution in [1.29, 1.82) is 0 Å². The summed E-state index contributed by atoms with van der Waals surface area (Å²) in [6.07, 6.45) is 1.38. The molecule has 0 aromatic carbocycles. The SMILES string of the molecule is Cn1c(=O)c2nc(-c3nn[nH]n3)cnc2n(C)c1=O. The van der Waals surface area contributed by atoms with Gasteiger partial charge in [0.15, 0.2) is 11.2 Å². The van der Waals surface area contributed by atoms with Crippen LogP contribution in [0.2, 0.25) is 0 Å². The molecule has 3 aromatic rings.